The maximum Gasteiger partial charge on any atom is 0.159 e. The summed E-state index contributed by atoms with van der Waals surface area (Å²) in [4.78, 5) is 22.3. The molecule has 0 bridgehead atoms. The number of likely N-dealkylation sites (N-methyl/N-ethyl adjacent to an activating group) is 1. The Bertz CT molecular complexity index is 1920. The highest BCUT2D eigenvalue weighted by atomic mass is 19.1. The van der Waals surface area contributed by atoms with Crippen molar-refractivity contribution in [3.8, 4) is 33.9 Å². The molecule has 0 unspecified atom stereocenters. The Morgan fingerprint density at radius 2 is 1.84 bits per heavy atom. The molecule has 0 radical (unpaired) electrons. The molecule has 0 amide bonds. The molecule has 1 saturated heterocycles. The second kappa shape index (κ2) is 12.1. The number of para-hydroxylation sites is 1. The molecule has 4 aromatic heterocycles. The number of rotatable bonds is 9. The second-order valence-corrected chi connectivity index (χ2v) is 11.9. The minimum Gasteiger partial charge on any atom is -0.384 e. The van der Waals surface area contributed by atoms with Crippen LogP contribution >= 0.6 is 0 Å². The van der Waals surface area contributed by atoms with Gasteiger partial charge in [0, 0.05) is 54.2 Å². The maximum absolute atomic E-state index is 14.7. The Labute approximate surface area is 255 Å². The number of nitrogens with one attached hydrogen (secondary N) is 3. The Balaban J connectivity index is 1.21. The van der Waals surface area contributed by atoms with Gasteiger partial charge in [0.1, 0.15) is 11.5 Å². The van der Waals surface area contributed by atoms with Gasteiger partial charge in [-0.25, -0.2) is 9.37 Å². The van der Waals surface area contributed by atoms with E-state index in [-0.39, 0.29) is 5.82 Å². The molecule has 0 aliphatic carbocycles. The molecule has 9 nitrogen and oxygen atoms in total. The summed E-state index contributed by atoms with van der Waals surface area (Å²) in [5.74, 6) is 0.337. The topological polar surface area (TPSA) is 102 Å². The molecule has 3 N–H and O–H groups in total. The first-order valence-electron chi connectivity index (χ1n) is 15.2. The van der Waals surface area contributed by atoms with Gasteiger partial charge in [0.15, 0.2) is 5.82 Å². The smallest absolute Gasteiger partial charge is 0.159 e. The lowest BCUT2D eigenvalue weighted by Crippen LogP contribution is -2.29. The molecule has 1 aliphatic rings. The molecule has 1 aliphatic heterocycles. The first-order valence-corrected chi connectivity index (χ1v) is 15.2. The number of hydrogen-bond acceptors (Lipinski definition) is 7. The normalized spacial score (nSPS) is 14.2. The number of aromatic nitrogens is 6. The van der Waals surface area contributed by atoms with E-state index in [0.29, 0.717) is 18.1 Å². The van der Waals surface area contributed by atoms with E-state index in [2.05, 4.69) is 41.3 Å². The third-order valence-corrected chi connectivity index (χ3v) is 8.23. The van der Waals surface area contributed by atoms with E-state index in [4.69, 9.17) is 9.97 Å². The molecular formula is C34H36FN9. The maximum atomic E-state index is 14.7. The van der Waals surface area contributed by atoms with Gasteiger partial charge in [-0.05, 0) is 87.6 Å². The van der Waals surface area contributed by atoms with Gasteiger partial charge >= 0.3 is 0 Å². The third-order valence-electron chi connectivity index (χ3n) is 8.23. The number of aromatic amines is 2. The Morgan fingerprint density at radius 1 is 0.955 bits per heavy atom. The number of benzene rings is 2. The van der Waals surface area contributed by atoms with Crippen LogP contribution in [0.1, 0.15) is 24.8 Å². The van der Waals surface area contributed by atoms with Crippen LogP contribution in [0.4, 0.5) is 10.1 Å². The number of H-pyrrole nitrogens is 2. The fourth-order valence-electron chi connectivity index (χ4n) is 5.99. The number of anilines is 1. The van der Waals surface area contributed by atoms with Crippen molar-refractivity contribution in [3.05, 3.63) is 78.5 Å². The lowest BCUT2D eigenvalue weighted by atomic mass is 10.0. The van der Waals surface area contributed by atoms with E-state index < -0.39 is 0 Å². The second-order valence-electron chi connectivity index (χ2n) is 11.9. The van der Waals surface area contributed by atoms with Crippen LogP contribution in [0.15, 0.2) is 67.1 Å². The van der Waals surface area contributed by atoms with Crippen molar-refractivity contribution >= 4 is 27.6 Å². The molecule has 0 saturated carbocycles. The predicted octanol–water partition coefficient (Wildman–Crippen LogP) is 6.33. The molecule has 0 atom stereocenters. The molecule has 0 spiro atoms. The van der Waals surface area contributed by atoms with Crippen LogP contribution in [0.2, 0.25) is 0 Å². The van der Waals surface area contributed by atoms with Crippen LogP contribution in [0.5, 0.6) is 0 Å². The Morgan fingerprint density at radius 3 is 2.70 bits per heavy atom. The average Bonchev–Trinajstić information content (AvgIpc) is 3.65. The summed E-state index contributed by atoms with van der Waals surface area (Å²) in [7, 11) is 4.03. The van der Waals surface area contributed by atoms with E-state index in [1.807, 2.05) is 63.0 Å². The number of nitrogens with zero attached hydrogens (tertiary/aromatic N) is 6. The molecule has 6 aromatic rings. The molecule has 7 rings (SSSR count). The number of likely N-dealkylation sites (tertiary alicyclic amines) is 1. The summed E-state index contributed by atoms with van der Waals surface area (Å²) in [6, 6.07) is 15.2. The summed E-state index contributed by atoms with van der Waals surface area (Å²) < 4.78 is 14.7. The van der Waals surface area contributed by atoms with Crippen LogP contribution in [-0.2, 0) is 6.54 Å². The van der Waals surface area contributed by atoms with Crippen molar-refractivity contribution in [2.45, 2.75) is 25.8 Å². The first kappa shape index (κ1) is 28.1. The highest BCUT2D eigenvalue weighted by molar-refractivity contribution is 5.98. The van der Waals surface area contributed by atoms with E-state index in [1.165, 1.54) is 30.9 Å². The zero-order valence-corrected chi connectivity index (χ0v) is 25.1. The van der Waals surface area contributed by atoms with Crippen molar-refractivity contribution in [2.24, 2.45) is 0 Å². The summed E-state index contributed by atoms with van der Waals surface area (Å²) in [5.41, 5.74) is 8.47. The van der Waals surface area contributed by atoms with Crippen LogP contribution < -0.4 is 5.32 Å². The Hall–Kier alpha value is -4.67. The summed E-state index contributed by atoms with van der Waals surface area (Å²) in [6.07, 6.45) is 9.46. The lowest BCUT2D eigenvalue weighted by Gasteiger charge is -2.26. The molecule has 224 valence electrons. The molecule has 2 aromatic carbocycles. The predicted molar refractivity (Wildman–Crippen MR) is 174 cm³/mol. The van der Waals surface area contributed by atoms with Gasteiger partial charge in [-0.1, -0.05) is 18.6 Å². The molecular weight excluding hydrogens is 553 g/mol. The highest BCUT2D eigenvalue weighted by Crippen LogP contribution is 2.34. The van der Waals surface area contributed by atoms with E-state index in [0.717, 1.165) is 76.2 Å². The summed E-state index contributed by atoms with van der Waals surface area (Å²) in [6.45, 7) is 4.74. The molecule has 1 fully saturated rings. The van der Waals surface area contributed by atoms with Crippen LogP contribution in [-0.4, -0.2) is 80.2 Å². The number of halogens is 1. The zero-order valence-electron chi connectivity index (χ0n) is 25.1. The van der Waals surface area contributed by atoms with Crippen molar-refractivity contribution in [1.82, 2.24) is 39.9 Å². The summed E-state index contributed by atoms with van der Waals surface area (Å²) >= 11 is 0. The molecule has 44 heavy (non-hydrogen) atoms. The van der Waals surface area contributed by atoms with E-state index >= 15 is 0 Å². The number of pyridine rings is 2. The SMILES string of the molecule is CN(C)CCNc1cc(F)cc(-c2cccc3[nH]c(-c4n[nH]c5cnc(-c6cncc(CN7CCCCC7)c6)cc45)nc23)c1. The molecule has 10 heteroatoms. The first-order chi connectivity index (χ1) is 21.5. The van der Waals surface area contributed by atoms with Gasteiger partial charge in [0.25, 0.3) is 0 Å². The molecule has 5 heterocycles. The number of imidazole rings is 1. The highest BCUT2D eigenvalue weighted by Gasteiger charge is 2.18. The van der Waals surface area contributed by atoms with Crippen molar-refractivity contribution in [1.29, 1.82) is 0 Å². The average molecular weight is 590 g/mol. The van der Waals surface area contributed by atoms with Crippen molar-refractivity contribution < 1.29 is 4.39 Å². The fraction of sp³-hybridized carbons (Fsp3) is 0.294. The van der Waals surface area contributed by atoms with Crippen LogP contribution in [0.3, 0.4) is 0 Å². The van der Waals surface area contributed by atoms with Gasteiger partial charge in [0.2, 0.25) is 0 Å². The number of hydrogen-bond donors (Lipinski definition) is 3. The zero-order chi connectivity index (χ0) is 30.0. The number of fused-ring (bicyclic) bond motifs is 2. The largest absolute Gasteiger partial charge is 0.384 e. The van der Waals surface area contributed by atoms with Gasteiger partial charge in [-0.3, -0.25) is 20.0 Å². The minimum absolute atomic E-state index is 0.296. The van der Waals surface area contributed by atoms with Gasteiger partial charge < -0.3 is 15.2 Å². The van der Waals surface area contributed by atoms with Gasteiger partial charge in [-0.2, -0.15) is 5.10 Å². The third kappa shape index (κ3) is 5.91. The monoisotopic (exact) mass is 589 g/mol. The lowest BCUT2D eigenvalue weighted by molar-refractivity contribution is 0.220. The Kier molecular flexibility index (Phi) is 7.76. The standard InChI is InChI=1S/C34H36FN9/c1-43(2)12-9-37-26-15-23(14-25(35)16-26)27-7-6-8-29-32(27)40-34(39-29)33-28-17-30(38-20-31(28)41-42-33)24-13-22(18-36-19-24)21-44-10-4-3-5-11-44/h6-8,13-20,37H,3-5,9-12,21H2,1-2H3,(H,39,40)(H,41,42). The van der Waals surface area contributed by atoms with Crippen molar-refractivity contribution in [3.63, 3.8) is 0 Å². The summed E-state index contributed by atoms with van der Waals surface area (Å²) in [5, 5.41) is 12.0. The number of piperidine rings is 1. The fourth-order valence-corrected chi connectivity index (χ4v) is 5.99. The quantitative estimate of drug-likeness (QED) is 0.181. The van der Waals surface area contributed by atoms with Gasteiger partial charge in [0.05, 0.1) is 28.4 Å². The van der Waals surface area contributed by atoms with Crippen molar-refractivity contribution in [2.75, 3.05) is 45.6 Å². The minimum atomic E-state index is -0.296. The van der Waals surface area contributed by atoms with E-state index in [9.17, 15) is 4.39 Å². The van der Waals surface area contributed by atoms with Crippen LogP contribution in [0, 0.1) is 5.82 Å². The van der Waals surface area contributed by atoms with Gasteiger partial charge in [-0.15, -0.1) is 0 Å². The van der Waals surface area contributed by atoms with Crippen LogP contribution in [0.25, 0.3) is 55.8 Å². The van der Waals surface area contributed by atoms with E-state index in [1.54, 1.807) is 6.07 Å².